The number of fused-ring (bicyclic) bond motifs is 5. The molecule has 1 fully saturated rings. The Bertz CT molecular complexity index is 837. The molecule has 2 atom stereocenters. The van der Waals surface area contributed by atoms with E-state index in [0.29, 0.717) is 11.8 Å². The Balaban J connectivity index is 1.54. The summed E-state index contributed by atoms with van der Waals surface area (Å²) in [6.07, 6.45) is 7.77. The lowest BCUT2D eigenvalue weighted by atomic mass is 9.95. The van der Waals surface area contributed by atoms with E-state index in [9.17, 15) is 0 Å². The molecule has 4 heteroatoms. The third kappa shape index (κ3) is 1.73. The highest BCUT2D eigenvalue weighted by molar-refractivity contribution is 5.59. The number of rotatable bonds is 2. The predicted octanol–water partition coefficient (Wildman–Crippen LogP) is 3.69. The Labute approximate surface area is 128 Å². The van der Waals surface area contributed by atoms with Crippen LogP contribution in [0, 0.1) is 0 Å². The van der Waals surface area contributed by atoms with E-state index in [1.54, 1.807) is 0 Å². The van der Waals surface area contributed by atoms with E-state index in [4.69, 9.17) is 0 Å². The second-order valence-corrected chi connectivity index (χ2v) is 6.29. The van der Waals surface area contributed by atoms with Gasteiger partial charge in [0.05, 0.1) is 23.3 Å². The van der Waals surface area contributed by atoms with E-state index < -0.39 is 0 Å². The van der Waals surface area contributed by atoms with E-state index in [1.165, 1.54) is 30.5 Å². The summed E-state index contributed by atoms with van der Waals surface area (Å²) < 4.78 is 1.89. The third-order valence-electron chi connectivity index (χ3n) is 5.01. The van der Waals surface area contributed by atoms with Crippen molar-refractivity contribution in [2.45, 2.75) is 31.1 Å². The molecule has 0 amide bonds. The standard InChI is InChI=1S/C18H16N4/c1-2-4-15(5-3-1)22-11-14(10-19-22)17-9-16-12-6-7-13(8-12)18(16)21-20-17/h1-5,9-13H,6-8H2. The van der Waals surface area contributed by atoms with Crippen LogP contribution in [0.3, 0.4) is 0 Å². The van der Waals surface area contributed by atoms with Crippen LogP contribution in [0.25, 0.3) is 16.9 Å². The van der Waals surface area contributed by atoms with Crippen molar-refractivity contribution in [1.29, 1.82) is 0 Å². The van der Waals surface area contributed by atoms with E-state index >= 15 is 0 Å². The molecule has 0 saturated heterocycles. The maximum absolute atomic E-state index is 4.51. The van der Waals surface area contributed by atoms with Crippen molar-refractivity contribution in [3.63, 3.8) is 0 Å². The lowest BCUT2D eigenvalue weighted by molar-refractivity contribution is 0.681. The van der Waals surface area contributed by atoms with Crippen molar-refractivity contribution in [1.82, 2.24) is 20.0 Å². The Morgan fingerprint density at radius 2 is 1.86 bits per heavy atom. The fourth-order valence-corrected chi connectivity index (χ4v) is 3.89. The first-order chi connectivity index (χ1) is 10.9. The lowest BCUT2D eigenvalue weighted by Crippen LogP contribution is -2.03. The highest BCUT2D eigenvalue weighted by atomic mass is 15.3. The Kier molecular flexibility index (Phi) is 2.47. The number of aromatic nitrogens is 4. The molecule has 0 spiro atoms. The summed E-state index contributed by atoms with van der Waals surface area (Å²) in [6.45, 7) is 0. The molecule has 0 aliphatic heterocycles. The van der Waals surface area contributed by atoms with Crippen LogP contribution < -0.4 is 0 Å². The summed E-state index contributed by atoms with van der Waals surface area (Å²) in [7, 11) is 0. The quantitative estimate of drug-likeness (QED) is 0.722. The molecule has 2 bridgehead atoms. The fraction of sp³-hybridized carbons (Fsp3) is 0.278. The second-order valence-electron chi connectivity index (χ2n) is 6.29. The van der Waals surface area contributed by atoms with Gasteiger partial charge in [-0.25, -0.2) is 4.68 Å². The molecule has 3 aromatic rings. The van der Waals surface area contributed by atoms with Crippen molar-refractivity contribution < 1.29 is 0 Å². The van der Waals surface area contributed by atoms with Gasteiger partial charge < -0.3 is 0 Å². The molecule has 2 aliphatic carbocycles. The first kappa shape index (κ1) is 12.1. The fourth-order valence-electron chi connectivity index (χ4n) is 3.89. The van der Waals surface area contributed by atoms with Gasteiger partial charge >= 0.3 is 0 Å². The zero-order valence-corrected chi connectivity index (χ0v) is 12.2. The maximum Gasteiger partial charge on any atom is 0.0964 e. The van der Waals surface area contributed by atoms with Crippen molar-refractivity contribution in [2.24, 2.45) is 0 Å². The Morgan fingerprint density at radius 1 is 1.00 bits per heavy atom. The van der Waals surface area contributed by atoms with Crippen LogP contribution in [-0.4, -0.2) is 20.0 Å². The summed E-state index contributed by atoms with van der Waals surface area (Å²) in [5, 5.41) is 13.4. The maximum atomic E-state index is 4.51. The van der Waals surface area contributed by atoms with Gasteiger partial charge in [-0.3, -0.25) is 0 Å². The zero-order chi connectivity index (χ0) is 14.5. The average Bonchev–Trinajstić information content (AvgIpc) is 3.31. The van der Waals surface area contributed by atoms with Crippen LogP contribution in [0.5, 0.6) is 0 Å². The molecule has 0 radical (unpaired) electrons. The molecule has 108 valence electrons. The van der Waals surface area contributed by atoms with E-state index in [1.807, 2.05) is 47.4 Å². The molecular formula is C18H16N4. The van der Waals surface area contributed by atoms with E-state index in [2.05, 4.69) is 21.4 Å². The van der Waals surface area contributed by atoms with E-state index in [0.717, 1.165) is 16.9 Å². The highest BCUT2D eigenvalue weighted by Crippen LogP contribution is 2.52. The van der Waals surface area contributed by atoms with Crippen molar-refractivity contribution in [3.8, 4) is 16.9 Å². The summed E-state index contributed by atoms with van der Waals surface area (Å²) in [4.78, 5) is 0. The number of para-hydroxylation sites is 1. The van der Waals surface area contributed by atoms with Crippen LogP contribution in [0.1, 0.15) is 42.4 Å². The van der Waals surface area contributed by atoms with Crippen LogP contribution in [0.4, 0.5) is 0 Å². The van der Waals surface area contributed by atoms with Crippen molar-refractivity contribution in [2.75, 3.05) is 0 Å². The minimum absolute atomic E-state index is 0.661. The molecule has 4 nitrogen and oxygen atoms in total. The molecule has 2 unspecified atom stereocenters. The molecule has 22 heavy (non-hydrogen) atoms. The smallest absolute Gasteiger partial charge is 0.0964 e. The molecule has 2 heterocycles. The molecule has 1 saturated carbocycles. The summed E-state index contributed by atoms with van der Waals surface area (Å²) in [5.41, 5.74) is 5.70. The van der Waals surface area contributed by atoms with E-state index in [-0.39, 0.29) is 0 Å². The second kappa shape index (κ2) is 4.50. The van der Waals surface area contributed by atoms with Crippen LogP contribution in [0.2, 0.25) is 0 Å². The third-order valence-corrected chi connectivity index (χ3v) is 5.01. The average molecular weight is 288 g/mol. The molecular weight excluding hydrogens is 272 g/mol. The first-order valence-electron chi connectivity index (χ1n) is 7.86. The monoisotopic (exact) mass is 288 g/mol. The number of benzene rings is 1. The zero-order valence-electron chi connectivity index (χ0n) is 12.2. The molecule has 0 N–H and O–H groups in total. The Hall–Kier alpha value is -2.49. The van der Waals surface area contributed by atoms with Gasteiger partial charge in [0.2, 0.25) is 0 Å². The van der Waals surface area contributed by atoms with Crippen LogP contribution in [0.15, 0.2) is 48.8 Å². The minimum Gasteiger partial charge on any atom is -0.240 e. The van der Waals surface area contributed by atoms with Crippen LogP contribution >= 0.6 is 0 Å². The van der Waals surface area contributed by atoms with Gasteiger partial charge in [-0.15, -0.1) is 0 Å². The SMILES string of the molecule is c1ccc(-n2cc(-c3cc4c(nn3)C3CCC4C3)cn2)cc1. The molecule has 2 aliphatic rings. The summed E-state index contributed by atoms with van der Waals surface area (Å²) >= 11 is 0. The number of hydrogen-bond acceptors (Lipinski definition) is 3. The minimum atomic E-state index is 0.661. The normalized spacial score (nSPS) is 22.0. The first-order valence-corrected chi connectivity index (χ1v) is 7.86. The van der Waals surface area contributed by atoms with Crippen molar-refractivity contribution >= 4 is 0 Å². The molecule has 1 aromatic carbocycles. The van der Waals surface area contributed by atoms with Gasteiger partial charge in [0.1, 0.15) is 0 Å². The predicted molar refractivity (Wildman–Crippen MR) is 83.9 cm³/mol. The van der Waals surface area contributed by atoms with Gasteiger partial charge in [0.15, 0.2) is 0 Å². The lowest BCUT2D eigenvalue weighted by Gasteiger charge is -2.13. The van der Waals surface area contributed by atoms with Gasteiger partial charge in [0, 0.05) is 17.7 Å². The largest absolute Gasteiger partial charge is 0.240 e. The summed E-state index contributed by atoms with van der Waals surface area (Å²) in [6, 6.07) is 12.4. The number of hydrogen-bond donors (Lipinski definition) is 0. The summed E-state index contributed by atoms with van der Waals surface area (Å²) in [5.74, 6) is 1.37. The topological polar surface area (TPSA) is 43.6 Å². The molecule has 2 aromatic heterocycles. The molecule has 5 rings (SSSR count). The van der Waals surface area contributed by atoms with Gasteiger partial charge in [-0.2, -0.15) is 15.3 Å². The Morgan fingerprint density at radius 3 is 2.77 bits per heavy atom. The van der Waals surface area contributed by atoms with Gasteiger partial charge in [-0.1, -0.05) is 18.2 Å². The van der Waals surface area contributed by atoms with Gasteiger partial charge in [0.25, 0.3) is 0 Å². The van der Waals surface area contributed by atoms with Crippen LogP contribution in [-0.2, 0) is 0 Å². The van der Waals surface area contributed by atoms with Gasteiger partial charge in [-0.05, 0) is 48.9 Å². The number of nitrogens with zero attached hydrogens (tertiary/aromatic N) is 4. The highest BCUT2D eigenvalue weighted by Gasteiger charge is 2.38. The van der Waals surface area contributed by atoms with Crippen molar-refractivity contribution in [3.05, 3.63) is 60.0 Å².